The molecule has 0 saturated carbocycles. The summed E-state index contributed by atoms with van der Waals surface area (Å²) in [4.78, 5) is 14.5. The molecule has 1 aliphatic rings. The molecular formula is C22H24N6OS2. The molecule has 4 aromatic rings. The van der Waals surface area contributed by atoms with E-state index in [1.54, 1.807) is 23.1 Å². The molecule has 0 N–H and O–H groups in total. The summed E-state index contributed by atoms with van der Waals surface area (Å²) in [6, 6.07) is 10.1. The molecule has 0 radical (unpaired) electrons. The minimum atomic E-state index is 0.733. The Balaban J connectivity index is 1.52. The molecule has 160 valence electrons. The third-order valence-electron chi connectivity index (χ3n) is 5.57. The number of nitrogens with zero attached hydrogens (tertiary/aromatic N) is 6. The van der Waals surface area contributed by atoms with Crippen molar-refractivity contribution in [2.24, 2.45) is 7.05 Å². The van der Waals surface area contributed by atoms with Crippen molar-refractivity contribution in [1.82, 2.24) is 29.6 Å². The van der Waals surface area contributed by atoms with Crippen molar-refractivity contribution >= 4 is 33.3 Å². The molecule has 0 bridgehead atoms. The lowest BCUT2D eigenvalue weighted by atomic mass is 10.2. The Kier molecular flexibility index (Phi) is 5.75. The van der Waals surface area contributed by atoms with Crippen molar-refractivity contribution in [3.8, 4) is 11.4 Å². The van der Waals surface area contributed by atoms with Gasteiger partial charge in [0, 0.05) is 36.0 Å². The number of morpholine rings is 1. The van der Waals surface area contributed by atoms with Gasteiger partial charge in [0.25, 0.3) is 0 Å². The van der Waals surface area contributed by atoms with Crippen LogP contribution in [0, 0.1) is 13.8 Å². The van der Waals surface area contributed by atoms with Gasteiger partial charge in [-0.15, -0.1) is 21.5 Å². The first-order chi connectivity index (χ1) is 15.1. The molecule has 0 atom stereocenters. The van der Waals surface area contributed by atoms with Crippen LogP contribution in [0.3, 0.4) is 0 Å². The van der Waals surface area contributed by atoms with Crippen molar-refractivity contribution in [3.63, 3.8) is 0 Å². The standard InChI is InChI=1S/C22H24N6OS2/c1-14-15(2)30-20-18(14)21(24-17(23-20)13-28-9-11-29-12-10-28)31-22-26-25-19(27(22)3)16-7-5-4-6-8-16/h4-8H,9-13H2,1-3H3. The fourth-order valence-electron chi connectivity index (χ4n) is 3.69. The molecule has 0 amide bonds. The maximum Gasteiger partial charge on any atom is 0.197 e. The number of hydrogen-bond donors (Lipinski definition) is 0. The quantitative estimate of drug-likeness (QED) is 0.423. The number of thiophene rings is 1. The Bertz CT molecular complexity index is 1210. The van der Waals surface area contributed by atoms with Crippen LogP contribution in [-0.4, -0.2) is 55.9 Å². The third kappa shape index (κ3) is 4.10. The predicted molar refractivity (Wildman–Crippen MR) is 124 cm³/mol. The van der Waals surface area contributed by atoms with E-state index >= 15 is 0 Å². The van der Waals surface area contributed by atoms with Crippen LogP contribution < -0.4 is 0 Å². The molecule has 0 unspecified atom stereocenters. The zero-order chi connectivity index (χ0) is 21.4. The summed E-state index contributed by atoms with van der Waals surface area (Å²) < 4.78 is 7.51. The van der Waals surface area contributed by atoms with E-state index in [1.807, 2.05) is 41.9 Å². The molecule has 1 aromatic carbocycles. The van der Waals surface area contributed by atoms with Gasteiger partial charge in [-0.05, 0) is 31.2 Å². The van der Waals surface area contributed by atoms with Crippen molar-refractivity contribution in [1.29, 1.82) is 0 Å². The average Bonchev–Trinajstić information content (AvgIpc) is 3.28. The van der Waals surface area contributed by atoms with E-state index in [9.17, 15) is 0 Å². The van der Waals surface area contributed by atoms with E-state index in [2.05, 4.69) is 28.9 Å². The summed E-state index contributed by atoms with van der Waals surface area (Å²) in [7, 11) is 2.00. The van der Waals surface area contributed by atoms with Crippen LogP contribution in [0.25, 0.3) is 21.6 Å². The highest BCUT2D eigenvalue weighted by molar-refractivity contribution is 7.99. The van der Waals surface area contributed by atoms with Crippen LogP contribution >= 0.6 is 23.1 Å². The van der Waals surface area contributed by atoms with Gasteiger partial charge in [-0.25, -0.2) is 9.97 Å². The maximum atomic E-state index is 5.48. The molecule has 31 heavy (non-hydrogen) atoms. The molecule has 4 heterocycles. The molecule has 1 fully saturated rings. The fraction of sp³-hybridized carbons (Fsp3) is 0.364. The first-order valence-electron chi connectivity index (χ1n) is 10.3. The van der Waals surface area contributed by atoms with E-state index in [0.717, 1.165) is 70.5 Å². The molecular weight excluding hydrogens is 428 g/mol. The van der Waals surface area contributed by atoms with Gasteiger partial charge in [0.05, 0.1) is 19.8 Å². The fourth-order valence-corrected chi connectivity index (χ4v) is 5.78. The molecule has 1 saturated heterocycles. The molecule has 7 nitrogen and oxygen atoms in total. The second kappa shape index (κ2) is 8.66. The van der Waals surface area contributed by atoms with Crippen LogP contribution in [0.1, 0.15) is 16.3 Å². The highest BCUT2D eigenvalue weighted by Crippen LogP contribution is 2.38. The lowest BCUT2D eigenvalue weighted by molar-refractivity contribution is 0.0330. The normalized spacial score (nSPS) is 15.1. The van der Waals surface area contributed by atoms with Crippen LogP contribution in [-0.2, 0) is 18.3 Å². The first-order valence-corrected chi connectivity index (χ1v) is 11.9. The summed E-state index contributed by atoms with van der Waals surface area (Å²) in [6.07, 6.45) is 0. The zero-order valence-electron chi connectivity index (χ0n) is 17.8. The minimum absolute atomic E-state index is 0.733. The van der Waals surface area contributed by atoms with Gasteiger partial charge >= 0.3 is 0 Å². The Labute approximate surface area is 189 Å². The zero-order valence-corrected chi connectivity index (χ0v) is 19.5. The lowest BCUT2D eigenvalue weighted by Crippen LogP contribution is -2.36. The smallest absolute Gasteiger partial charge is 0.197 e. The summed E-state index contributed by atoms with van der Waals surface area (Å²) in [5, 5.41) is 11.8. The van der Waals surface area contributed by atoms with Crippen LogP contribution in [0.4, 0.5) is 0 Å². The first kappa shape index (κ1) is 20.6. The van der Waals surface area contributed by atoms with Gasteiger partial charge in [-0.1, -0.05) is 30.3 Å². The number of aryl methyl sites for hydroxylation is 2. The van der Waals surface area contributed by atoms with E-state index in [4.69, 9.17) is 14.7 Å². The predicted octanol–water partition coefficient (Wildman–Crippen LogP) is 4.09. The monoisotopic (exact) mass is 452 g/mol. The van der Waals surface area contributed by atoms with Gasteiger partial charge < -0.3 is 9.30 Å². The highest BCUT2D eigenvalue weighted by Gasteiger charge is 2.20. The van der Waals surface area contributed by atoms with Gasteiger partial charge in [-0.3, -0.25) is 4.90 Å². The van der Waals surface area contributed by atoms with Crippen LogP contribution in [0.15, 0.2) is 40.5 Å². The SMILES string of the molecule is Cc1sc2nc(CN3CCOCC3)nc(Sc3nnc(-c4ccccc4)n3C)c2c1C. The molecule has 0 aliphatic carbocycles. The number of benzene rings is 1. The minimum Gasteiger partial charge on any atom is -0.379 e. The van der Waals surface area contributed by atoms with Crippen LogP contribution in [0.5, 0.6) is 0 Å². The molecule has 0 spiro atoms. The molecule has 1 aliphatic heterocycles. The number of rotatable bonds is 5. The molecule has 3 aromatic heterocycles. The Morgan fingerprint density at radius 1 is 1.06 bits per heavy atom. The van der Waals surface area contributed by atoms with Gasteiger partial charge in [0.1, 0.15) is 15.7 Å². The van der Waals surface area contributed by atoms with Crippen LogP contribution in [0.2, 0.25) is 0 Å². The summed E-state index contributed by atoms with van der Waals surface area (Å²) in [5.41, 5.74) is 2.29. The summed E-state index contributed by atoms with van der Waals surface area (Å²) >= 11 is 3.30. The average molecular weight is 453 g/mol. The van der Waals surface area contributed by atoms with E-state index in [-0.39, 0.29) is 0 Å². The number of fused-ring (bicyclic) bond motifs is 1. The topological polar surface area (TPSA) is 69.0 Å². The largest absolute Gasteiger partial charge is 0.379 e. The summed E-state index contributed by atoms with van der Waals surface area (Å²) in [6.45, 7) is 8.39. The van der Waals surface area contributed by atoms with Crippen molar-refractivity contribution in [2.45, 2.75) is 30.6 Å². The van der Waals surface area contributed by atoms with E-state index in [0.29, 0.717) is 0 Å². The Morgan fingerprint density at radius 2 is 1.84 bits per heavy atom. The van der Waals surface area contributed by atoms with Crippen molar-refractivity contribution < 1.29 is 4.74 Å². The number of aromatic nitrogens is 5. The maximum absolute atomic E-state index is 5.48. The van der Waals surface area contributed by atoms with Crippen molar-refractivity contribution in [3.05, 3.63) is 46.6 Å². The second-order valence-electron chi connectivity index (χ2n) is 7.63. The Morgan fingerprint density at radius 3 is 2.61 bits per heavy atom. The molecule has 5 rings (SSSR count). The number of hydrogen-bond acceptors (Lipinski definition) is 8. The van der Waals surface area contributed by atoms with E-state index in [1.165, 1.54) is 10.4 Å². The third-order valence-corrected chi connectivity index (χ3v) is 7.69. The lowest BCUT2D eigenvalue weighted by Gasteiger charge is -2.25. The van der Waals surface area contributed by atoms with Gasteiger partial charge in [0.15, 0.2) is 11.0 Å². The number of ether oxygens (including phenoxy) is 1. The van der Waals surface area contributed by atoms with Gasteiger partial charge in [0.2, 0.25) is 0 Å². The second-order valence-corrected chi connectivity index (χ2v) is 9.79. The van der Waals surface area contributed by atoms with Gasteiger partial charge in [-0.2, -0.15) is 0 Å². The van der Waals surface area contributed by atoms with Crippen molar-refractivity contribution in [2.75, 3.05) is 26.3 Å². The van der Waals surface area contributed by atoms with E-state index < -0.39 is 0 Å². The highest BCUT2D eigenvalue weighted by atomic mass is 32.2. The Hall–Kier alpha value is -2.33. The molecule has 9 heteroatoms. The summed E-state index contributed by atoms with van der Waals surface area (Å²) in [5.74, 6) is 1.70.